The quantitative estimate of drug-likeness (QED) is 0.769. The van der Waals surface area contributed by atoms with E-state index in [1.807, 2.05) is 13.8 Å². The summed E-state index contributed by atoms with van der Waals surface area (Å²) in [4.78, 5) is 4.75. The van der Waals surface area contributed by atoms with Crippen LogP contribution in [0.4, 0.5) is 13.2 Å². The standard InChI is InChI=1S/C14H19F3N2.C2H6/c1-18-12-4-5-13(18)9-19(8-12)7-10-2-3-11(6-10)14(15,16)17;1-2/h2-3,12-13H,4-9H2,1H3;1-2H3. The fourth-order valence-electron chi connectivity index (χ4n) is 3.50. The van der Waals surface area contributed by atoms with Crippen molar-refractivity contribution in [3.63, 3.8) is 0 Å². The molecule has 2 heterocycles. The van der Waals surface area contributed by atoms with Gasteiger partial charge in [0.05, 0.1) is 0 Å². The van der Waals surface area contributed by atoms with Crippen LogP contribution in [-0.4, -0.2) is 54.7 Å². The molecule has 2 bridgehead atoms. The molecule has 0 amide bonds. The molecule has 2 atom stereocenters. The third kappa shape index (κ3) is 3.69. The second-order valence-corrected chi connectivity index (χ2v) is 5.94. The smallest absolute Gasteiger partial charge is 0.298 e. The van der Waals surface area contributed by atoms with Crippen LogP contribution in [0.25, 0.3) is 0 Å². The monoisotopic (exact) mass is 302 g/mol. The molecule has 2 fully saturated rings. The van der Waals surface area contributed by atoms with Gasteiger partial charge in [0.1, 0.15) is 0 Å². The van der Waals surface area contributed by atoms with Crippen molar-refractivity contribution < 1.29 is 13.2 Å². The Morgan fingerprint density at radius 3 is 2.14 bits per heavy atom. The van der Waals surface area contributed by atoms with Crippen LogP contribution in [0.15, 0.2) is 23.3 Å². The topological polar surface area (TPSA) is 6.48 Å². The summed E-state index contributed by atoms with van der Waals surface area (Å²) < 4.78 is 37.7. The SMILES string of the molecule is CC.CN1C2CCC1CN(CC1=CC=C(C(F)(F)F)C1)C2. The van der Waals surface area contributed by atoms with Crippen molar-refractivity contribution >= 4 is 0 Å². The highest BCUT2D eigenvalue weighted by Crippen LogP contribution is 2.35. The predicted molar refractivity (Wildman–Crippen MR) is 79.2 cm³/mol. The Kier molecular flexibility index (Phi) is 5.15. The third-order valence-electron chi connectivity index (χ3n) is 4.65. The number of alkyl halides is 3. The summed E-state index contributed by atoms with van der Waals surface area (Å²) in [5.41, 5.74) is 0.496. The van der Waals surface area contributed by atoms with Crippen molar-refractivity contribution in [2.75, 3.05) is 26.7 Å². The number of fused-ring (bicyclic) bond motifs is 2. The number of halogens is 3. The van der Waals surface area contributed by atoms with Gasteiger partial charge in [0.2, 0.25) is 0 Å². The van der Waals surface area contributed by atoms with Crippen LogP contribution in [0, 0.1) is 0 Å². The average Bonchev–Trinajstić information content (AvgIpc) is 2.95. The number of hydrogen-bond acceptors (Lipinski definition) is 2. The lowest BCUT2D eigenvalue weighted by molar-refractivity contribution is -0.0928. The van der Waals surface area contributed by atoms with E-state index < -0.39 is 11.7 Å². The highest BCUT2D eigenvalue weighted by Gasteiger charge is 2.39. The number of likely N-dealkylation sites (tertiary alicyclic amines) is 1. The number of allylic oxidation sites excluding steroid dienone is 3. The minimum absolute atomic E-state index is 0.0746. The summed E-state index contributed by atoms with van der Waals surface area (Å²) in [6.07, 6.45) is 1.25. The van der Waals surface area contributed by atoms with Gasteiger partial charge in [-0.05, 0) is 26.3 Å². The third-order valence-corrected chi connectivity index (χ3v) is 4.65. The molecule has 3 aliphatic rings. The van der Waals surface area contributed by atoms with Crippen LogP contribution < -0.4 is 0 Å². The molecule has 120 valence electrons. The van der Waals surface area contributed by atoms with Crippen molar-refractivity contribution in [1.29, 1.82) is 0 Å². The lowest BCUT2D eigenvalue weighted by atomic mass is 10.1. The Hall–Kier alpha value is -0.810. The van der Waals surface area contributed by atoms with Crippen LogP contribution in [0.3, 0.4) is 0 Å². The number of likely N-dealkylation sites (N-methyl/N-ethyl adjacent to an activating group) is 1. The molecule has 3 rings (SSSR count). The van der Waals surface area contributed by atoms with Crippen LogP contribution in [0.2, 0.25) is 0 Å². The molecule has 0 radical (unpaired) electrons. The number of rotatable bonds is 2. The summed E-state index contributed by atoms with van der Waals surface area (Å²) in [7, 11) is 2.16. The molecule has 0 saturated carbocycles. The van der Waals surface area contributed by atoms with Gasteiger partial charge < -0.3 is 0 Å². The largest absolute Gasteiger partial charge is 0.413 e. The molecule has 0 N–H and O–H groups in total. The normalized spacial score (nSPS) is 29.8. The number of piperazine rings is 1. The molecular weight excluding hydrogens is 277 g/mol. The number of nitrogens with zero attached hydrogens (tertiary/aromatic N) is 2. The minimum atomic E-state index is -4.17. The molecule has 5 heteroatoms. The molecule has 2 nitrogen and oxygen atoms in total. The van der Waals surface area contributed by atoms with Crippen molar-refractivity contribution in [2.24, 2.45) is 0 Å². The highest BCUT2D eigenvalue weighted by molar-refractivity contribution is 5.34. The second-order valence-electron chi connectivity index (χ2n) is 5.94. The number of hydrogen-bond donors (Lipinski definition) is 0. The van der Waals surface area contributed by atoms with Gasteiger partial charge in [-0.25, -0.2) is 0 Å². The molecule has 2 aliphatic heterocycles. The van der Waals surface area contributed by atoms with Gasteiger partial charge in [-0.3, -0.25) is 9.80 Å². The summed E-state index contributed by atoms with van der Waals surface area (Å²) in [5, 5.41) is 0. The Morgan fingerprint density at radius 1 is 1.10 bits per heavy atom. The molecule has 21 heavy (non-hydrogen) atoms. The summed E-state index contributed by atoms with van der Waals surface area (Å²) >= 11 is 0. The van der Waals surface area contributed by atoms with E-state index in [9.17, 15) is 13.2 Å². The van der Waals surface area contributed by atoms with E-state index in [2.05, 4.69) is 16.8 Å². The second kappa shape index (κ2) is 6.53. The maximum Gasteiger partial charge on any atom is 0.413 e. The molecule has 1 aliphatic carbocycles. The van der Waals surface area contributed by atoms with E-state index in [1.165, 1.54) is 18.9 Å². The Morgan fingerprint density at radius 2 is 1.67 bits per heavy atom. The summed E-state index contributed by atoms with van der Waals surface area (Å²) in [6, 6.07) is 1.19. The zero-order chi connectivity index (χ0) is 15.6. The average molecular weight is 302 g/mol. The Labute approximate surface area is 125 Å². The molecule has 0 aromatic carbocycles. The highest BCUT2D eigenvalue weighted by atomic mass is 19.4. The maximum absolute atomic E-state index is 12.6. The van der Waals surface area contributed by atoms with Gasteiger partial charge in [0.15, 0.2) is 0 Å². The maximum atomic E-state index is 12.6. The van der Waals surface area contributed by atoms with E-state index >= 15 is 0 Å². The molecule has 0 spiro atoms. The van der Waals surface area contributed by atoms with Crippen LogP contribution >= 0.6 is 0 Å². The van der Waals surface area contributed by atoms with E-state index in [0.717, 1.165) is 18.7 Å². The Balaban J connectivity index is 0.000000774. The lowest BCUT2D eigenvalue weighted by Gasteiger charge is -2.39. The molecular formula is C16H25F3N2. The zero-order valence-corrected chi connectivity index (χ0v) is 13.1. The summed E-state index contributed by atoms with van der Waals surface area (Å²) in [6.45, 7) is 6.67. The van der Waals surface area contributed by atoms with Crippen molar-refractivity contribution in [3.05, 3.63) is 23.3 Å². The van der Waals surface area contributed by atoms with E-state index in [0.29, 0.717) is 18.6 Å². The Bertz CT molecular complexity index is 412. The zero-order valence-electron chi connectivity index (χ0n) is 13.1. The van der Waals surface area contributed by atoms with E-state index in [-0.39, 0.29) is 6.42 Å². The molecule has 0 aromatic rings. The van der Waals surface area contributed by atoms with Crippen LogP contribution in [-0.2, 0) is 0 Å². The fraction of sp³-hybridized carbons (Fsp3) is 0.750. The van der Waals surface area contributed by atoms with Gasteiger partial charge in [0.25, 0.3) is 0 Å². The van der Waals surface area contributed by atoms with Gasteiger partial charge >= 0.3 is 6.18 Å². The fourth-order valence-corrected chi connectivity index (χ4v) is 3.50. The van der Waals surface area contributed by atoms with E-state index in [1.54, 1.807) is 6.08 Å². The molecule has 0 aromatic heterocycles. The molecule has 2 unspecified atom stereocenters. The van der Waals surface area contributed by atoms with Gasteiger partial charge in [-0.2, -0.15) is 13.2 Å². The lowest BCUT2D eigenvalue weighted by Crippen LogP contribution is -2.52. The predicted octanol–water partition coefficient (Wildman–Crippen LogP) is 3.61. The first-order chi connectivity index (χ1) is 9.93. The van der Waals surface area contributed by atoms with Crippen molar-refractivity contribution in [1.82, 2.24) is 9.80 Å². The molecule has 2 saturated heterocycles. The minimum Gasteiger partial charge on any atom is -0.298 e. The van der Waals surface area contributed by atoms with Gasteiger partial charge in [0, 0.05) is 37.3 Å². The van der Waals surface area contributed by atoms with Gasteiger partial charge in [-0.1, -0.05) is 31.6 Å². The first-order valence-corrected chi connectivity index (χ1v) is 7.83. The van der Waals surface area contributed by atoms with Crippen molar-refractivity contribution in [3.8, 4) is 0 Å². The van der Waals surface area contributed by atoms with E-state index in [4.69, 9.17) is 0 Å². The van der Waals surface area contributed by atoms with Crippen LogP contribution in [0.1, 0.15) is 33.1 Å². The van der Waals surface area contributed by atoms with Crippen molar-refractivity contribution in [2.45, 2.75) is 51.4 Å². The van der Waals surface area contributed by atoms with Gasteiger partial charge in [-0.15, -0.1) is 0 Å². The summed E-state index contributed by atoms with van der Waals surface area (Å²) in [5.74, 6) is 0. The first-order valence-electron chi connectivity index (χ1n) is 7.83. The van der Waals surface area contributed by atoms with Crippen LogP contribution in [0.5, 0.6) is 0 Å². The first kappa shape index (κ1) is 16.6.